The van der Waals surface area contributed by atoms with Crippen molar-refractivity contribution in [2.24, 2.45) is 5.92 Å². The minimum atomic E-state index is -0.127. The van der Waals surface area contributed by atoms with E-state index in [9.17, 15) is 9.90 Å². The van der Waals surface area contributed by atoms with Gasteiger partial charge in [0.15, 0.2) is 0 Å². The number of carbonyl (C=O) groups excluding carboxylic acids is 1. The Balaban J connectivity index is 1.68. The maximum absolute atomic E-state index is 11.8. The third-order valence-electron chi connectivity index (χ3n) is 3.78. The van der Waals surface area contributed by atoms with Crippen LogP contribution in [0.5, 0.6) is 0 Å². The summed E-state index contributed by atoms with van der Waals surface area (Å²) >= 11 is 0. The predicted molar refractivity (Wildman–Crippen MR) is 73.8 cm³/mol. The van der Waals surface area contributed by atoms with Crippen LogP contribution in [0.25, 0.3) is 0 Å². The Bertz CT molecular complexity index is 378. The molecular formula is C14H23N3O2. The first-order valence-corrected chi connectivity index (χ1v) is 7.05. The molecule has 3 N–H and O–H groups in total. The normalized spacial score (nSPS) is 23.0. The zero-order valence-corrected chi connectivity index (χ0v) is 11.2. The fourth-order valence-corrected chi connectivity index (χ4v) is 2.65. The molecule has 1 aromatic rings. The van der Waals surface area contributed by atoms with Crippen molar-refractivity contribution >= 4 is 6.03 Å². The number of aliphatic hydroxyl groups excluding tert-OH is 1. The van der Waals surface area contributed by atoms with Crippen LogP contribution in [0.3, 0.4) is 0 Å². The van der Waals surface area contributed by atoms with Crippen molar-refractivity contribution in [3.63, 3.8) is 0 Å². The number of nitrogens with zero attached hydrogens (tertiary/aromatic N) is 1. The molecule has 2 unspecified atom stereocenters. The molecule has 5 nitrogen and oxygen atoms in total. The van der Waals surface area contributed by atoms with Gasteiger partial charge in [-0.15, -0.1) is 0 Å². The lowest BCUT2D eigenvalue weighted by atomic mass is 9.85. The summed E-state index contributed by atoms with van der Waals surface area (Å²) in [5, 5.41) is 15.1. The van der Waals surface area contributed by atoms with Gasteiger partial charge >= 0.3 is 6.03 Å². The van der Waals surface area contributed by atoms with Gasteiger partial charge in [-0.1, -0.05) is 12.8 Å². The fourth-order valence-electron chi connectivity index (χ4n) is 2.65. The molecule has 106 valence electrons. The van der Waals surface area contributed by atoms with Crippen LogP contribution in [0.15, 0.2) is 24.5 Å². The molecule has 0 saturated heterocycles. The molecule has 2 amide bonds. The molecule has 1 fully saturated rings. The predicted octanol–water partition coefficient (Wildman–Crippen LogP) is 1.34. The average molecular weight is 265 g/mol. The van der Waals surface area contributed by atoms with Gasteiger partial charge in [-0.3, -0.25) is 0 Å². The van der Waals surface area contributed by atoms with Crippen molar-refractivity contribution in [2.75, 3.05) is 13.2 Å². The highest BCUT2D eigenvalue weighted by Crippen LogP contribution is 2.23. The molecule has 0 bridgehead atoms. The second kappa shape index (κ2) is 7.19. The van der Waals surface area contributed by atoms with Crippen molar-refractivity contribution in [3.8, 4) is 0 Å². The van der Waals surface area contributed by atoms with Crippen molar-refractivity contribution in [2.45, 2.75) is 38.3 Å². The van der Waals surface area contributed by atoms with Crippen LogP contribution in [0.4, 0.5) is 4.79 Å². The number of hydrogen-bond donors (Lipinski definition) is 3. The molecule has 19 heavy (non-hydrogen) atoms. The lowest BCUT2D eigenvalue weighted by molar-refractivity contribution is 0.153. The number of aliphatic hydroxyl groups is 1. The molecule has 1 saturated carbocycles. The van der Waals surface area contributed by atoms with E-state index in [0.29, 0.717) is 6.54 Å². The van der Waals surface area contributed by atoms with E-state index in [0.717, 1.165) is 32.2 Å². The first kappa shape index (κ1) is 13.9. The van der Waals surface area contributed by atoms with E-state index in [2.05, 4.69) is 10.6 Å². The molecule has 2 atom stereocenters. The molecule has 0 aromatic carbocycles. The van der Waals surface area contributed by atoms with E-state index in [1.54, 1.807) is 0 Å². The van der Waals surface area contributed by atoms with Gasteiger partial charge < -0.3 is 20.3 Å². The monoisotopic (exact) mass is 265 g/mol. The maximum Gasteiger partial charge on any atom is 0.315 e. The van der Waals surface area contributed by atoms with Crippen LogP contribution >= 0.6 is 0 Å². The summed E-state index contributed by atoms with van der Waals surface area (Å²) in [6.07, 6.45) is 8.20. The van der Waals surface area contributed by atoms with Crippen LogP contribution < -0.4 is 10.6 Å². The molecule has 1 aliphatic rings. The van der Waals surface area contributed by atoms with Crippen molar-refractivity contribution in [1.82, 2.24) is 15.2 Å². The van der Waals surface area contributed by atoms with Crippen molar-refractivity contribution in [1.29, 1.82) is 0 Å². The summed E-state index contributed by atoms with van der Waals surface area (Å²) in [7, 11) is 0. The van der Waals surface area contributed by atoms with Gasteiger partial charge in [0.1, 0.15) is 0 Å². The third kappa shape index (κ3) is 4.28. The highest BCUT2D eigenvalue weighted by molar-refractivity contribution is 5.74. The summed E-state index contributed by atoms with van der Waals surface area (Å²) in [4.78, 5) is 11.8. The highest BCUT2D eigenvalue weighted by atomic mass is 16.3. The number of amides is 2. The molecule has 5 heteroatoms. The SMILES string of the molecule is O=C(NCCn1cccc1)NC1CCCCC1CO. The Hall–Kier alpha value is -1.49. The lowest BCUT2D eigenvalue weighted by Crippen LogP contribution is -2.48. The Morgan fingerprint density at radius 2 is 2.00 bits per heavy atom. The molecular weight excluding hydrogens is 242 g/mol. The van der Waals surface area contributed by atoms with E-state index in [-0.39, 0.29) is 24.6 Å². The van der Waals surface area contributed by atoms with Crippen LogP contribution in [-0.2, 0) is 6.54 Å². The minimum Gasteiger partial charge on any atom is -0.396 e. The number of nitrogens with one attached hydrogen (secondary N) is 2. The van der Waals surface area contributed by atoms with Crippen molar-refractivity contribution in [3.05, 3.63) is 24.5 Å². The summed E-state index contributed by atoms with van der Waals surface area (Å²) in [6.45, 7) is 1.54. The molecule has 0 radical (unpaired) electrons. The quantitative estimate of drug-likeness (QED) is 0.752. The molecule has 1 aliphatic carbocycles. The third-order valence-corrected chi connectivity index (χ3v) is 3.78. The molecule has 2 rings (SSSR count). The largest absolute Gasteiger partial charge is 0.396 e. The standard InChI is InChI=1S/C14H23N3O2/c18-11-12-5-1-2-6-13(12)16-14(19)15-7-10-17-8-3-4-9-17/h3-4,8-9,12-13,18H,1-2,5-7,10-11H2,(H2,15,16,19). The first-order valence-electron chi connectivity index (χ1n) is 7.05. The van der Waals surface area contributed by atoms with Crippen LogP contribution in [0, 0.1) is 5.92 Å². The van der Waals surface area contributed by atoms with Gasteiger partial charge in [0.05, 0.1) is 0 Å². The zero-order valence-electron chi connectivity index (χ0n) is 11.2. The first-order chi connectivity index (χ1) is 9.29. The smallest absolute Gasteiger partial charge is 0.315 e. The van der Waals surface area contributed by atoms with Crippen LogP contribution in [-0.4, -0.2) is 34.9 Å². The Labute approximate surface area is 114 Å². The van der Waals surface area contributed by atoms with Crippen LogP contribution in [0.1, 0.15) is 25.7 Å². The van der Waals surface area contributed by atoms with E-state index in [1.807, 2.05) is 29.1 Å². The summed E-state index contributed by atoms with van der Waals surface area (Å²) in [5.41, 5.74) is 0. The van der Waals surface area contributed by atoms with Gasteiger partial charge in [0, 0.05) is 44.0 Å². The molecule has 1 heterocycles. The zero-order chi connectivity index (χ0) is 13.5. The number of hydrogen-bond acceptors (Lipinski definition) is 2. The number of carbonyl (C=O) groups is 1. The minimum absolute atomic E-state index is 0.116. The Kier molecular flexibility index (Phi) is 5.27. The van der Waals surface area contributed by atoms with Gasteiger partial charge in [-0.2, -0.15) is 0 Å². The topological polar surface area (TPSA) is 66.3 Å². The van der Waals surface area contributed by atoms with Gasteiger partial charge in [0.2, 0.25) is 0 Å². The maximum atomic E-state index is 11.8. The molecule has 0 aliphatic heterocycles. The average Bonchev–Trinajstić information content (AvgIpc) is 2.92. The van der Waals surface area contributed by atoms with E-state index in [4.69, 9.17) is 0 Å². The Morgan fingerprint density at radius 1 is 1.26 bits per heavy atom. The summed E-state index contributed by atoms with van der Waals surface area (Å²) in [5.74, 6) is 0.212. The number of aromatic nitrogens is 1. The van der Waals surface area contributed by atoms with E-state index < -0.39 is 0 Å². The van der Waals surface area contributed by atoms with Gasteiger partial charge in [-0.25, -0.2) is 4.79 Å². The summed E-state index contributed by atoms with van der Waals surface area (Å²) in [6, 6.07) is 3.92. The second-order valence-electron chi connectivity index (χ2n) is 5.15. The van der Waals surface area contributed by atoms with Crippen LogP contribution in [0.2, 0.25) is 0 Å². The Morgan fingerprint density at radius 3 is 2.74 bits per heavy atom. The fraction of sp³-hybridized carbons (Fsp3) is 0.643. The lowest BCUT2D eigenvalue weighted by Gasteiger charge is -2.30. The summed E-state index contributed by atoms with van der Waals surface area (Å²) < 4.78 is 2.03. The highest BCUT2D eigenvalue weighted by Gasteiger charge is 2.25. The van der Waals surface area contributed by atoms with E-state index >= 15 is 0 Å². The van der Waals surface area contributed by atoms with E-state index in [1.165, 1.54) is 0 Å². The molecule has 0 spiro atoms. The van der Waals surface area contributed by atoms with Gasteiger partial charge in [0.25, 0.3) is 0 Å². The van der Waals surface area contributed by atoms with Gasteiger partial charge in [-0.05, 0) is 25.0 Å². The second-order valence-corrected chi connectivity index (χ2v) is 5.15. The molecule has 1 aromatic heterocycles. The number of rotatable bonds is 5. The van der Waals surface area contributed by atoms with Crippen molar-refractivity contribution < 1.29 is 9.90 Å². The number of urea groups is 1.